The fraction of sp³-hybridized carbons (Fsp3) is 0.700. The number of amides is 1. The van der Waals surface area contributed by atoms with Gasteiger partial charge in [-0.3, -0.25) is 4.79 Å². The second-order valence-corrected chi connectivity index (χ2v) is 7.83. The van der Waals surface area contributed by atoms with Crippen LogP contribution in [0.4, 0.5) is 5.13 Å². The zero-order valence-electron chi connectivity index (χ0n) is 11.3. The van der Waals surface area contributed by atoms with Gasteiger partial charge in [0.15, 0.2) is 0 Å². The molecule has 1 saturated heterocycles. The molecule has 2 N–H and O–H groups in total. The highest BCUT2D eigenvalue weighted by molar-refractivity contribution is 7.91. The molecule has 10 heteroatoms. The summed E-state index contributed by atoms with van der Waals surface area (Å²) in [5.74, 6) is -0.311. The first-order valence-corrected chi connectivity index (χ1v) is 8.46. The summed E-state index contributed by atoms with van der Waals surface area (Å²) in [6.07, 6.45) is 2.02. The van der Waals surface area contributed by atoms with Crippen molar-refractivity contribution < 1.29 is 13.2 Å². The number of carbonyl (C=O) groups is 1. The minimum Gasteiger partial charge on any atom is -0.313 e. The van der Waals surface area contributed by atoms with E-state index in [0.717, 1.165) is 30.7 Å². The van der Waals surface area contributed by atoms with Crippen molar-refractivity contribution in [2.45, 2.75) is 30.1 Å². The number of rotatable bonds is 5. The number of hydrogen-bond acceptors (Lipinski definition) is 7. The lowest BCUT2D eigenvalue weighted by Gasteiger charge is -2.19. The highest BCUT2D eigenvalue weighted by Gasteiger charge is 2.28. The Morgan fingerprint density at radius 1 is 1.55 bits per heavy atom. The van der Waals surface area contributed by atoms with Gasteiger partial charge in [-0.15, -0.1) is 10.2 Å². The van der Waals surface area contributed by atoms with Gasteiger partial charge in [0, 0.05) is 26.6 Å². The molecular formula is C10H17N5O3S2. The van der Waals surface area contributed by atoms with Crippen molar-refractivity contribution in [3.63, 3.8) is 0 Å². The highest BCUT2D eigenvalue weighted by Crippen LogP contribution is 2.23. The van der Waals surface area contributed by atoms with Crippen LogP contribution in [0.3, 0.4) is 0 Å². The van der Waals surface area contributed by atoms with Crippen LogP contribution in [-0.4, -0.2) is 55.0 Å². The Balaban J connectivity index is 2.08. The summed E-state index contributed by atoms with van der Waals surface area (Å²) in [5.41, 5.74) is 0. The predicted molar refractivity (Wildman–Crippen MR) is 75.1 cm³/mol. The van der Waals surface area contributed by atoms with Crippen molar-refractivity contribution in [1.82, 2.24) is 19.8 Å². The number of anilines is 1. The van der Waals surface area contributed by atoms with E-state index in [-0.39, 0.29) is 21.4 Å². The summed E-state index contributed by atoms with van der Waals surface area (Å²) in [6, 6.07) is 0.178. The van der Waals surface area contributed by atoms with Gasteiger partial charge in [0.1, 0.15) is 0 Å². The first-order valence-electron chi connectivity index (χ1n) is 6.20. The third kappa shape index (κ3) is 3.51. The van der Waals surface area contributed by atoms with E-state index in [2.05, 4.69) is 20.8 Å². The summed E-state index contributed by atoms with van der Waals surface area (Å²) >= 11 is 0.850. The van der Waals surface area contributed by atoms with Gasteiger partial charge < -0.3 is 10.6 Å². The fourth-order valence-electron chi connectivity index (χ4n) is 1.97. The van der Waals surface area contributed by atoms with Gasteiger partial charge >= 0.3 is 0 Å². The average Bonchev–Trinajstić information content (AvgIpc) is 2.99. The summed E-state index contributed by atoms with van der Waals surface area (Å²) in [5, 5.41) is 13.1. The molecule has 1 fully saturated rings. The molecule has 8 nitrogen and oxygen atoms in total. The lowest BCUT2D eigenvalue weighted by molar-refractivity contribution is -0.114. The normalized spacial score (nSPS) is 19.4. The molecule has 2 heterocycles. The third-order valence-electron chi connectivity index (χ3n) is 2.96. The van der Waals surface area contributed by atoms with Gasteiger partial charge in [-0.05, 0) is 19.4 Å². The maximum Gasteiger partial charge on any atom is 0.272 e. The van der Waals surface area contributed by atoms with Crippen LogP contribution >= 0.6 is 11.3 Å². The van der Waals surface area contributed by atoms with Crippen LogP contribution < -0.4 is 10.6 Å². The zero-order chi connectivity index (χ0) is 14.8. The number of likely N-dealkylation sites (N-methyl/N-ethyl adjacent to an activating group) is 1. The van der Waals surface area contributed by atoms with Gasteiger partial charge in [0.2, 0.25) is 15.4 Å². The van der Waals surface area contributed by atoms with Crippen LogP contribution in [0.2, 0.25) is 0 Å². The molecule has 1 atom stereocenters. The fourth-order valence-corrected chi connectivity index (χ4v) is 4.32. The molecule has 1 aromatic rings. The van der Waals surface area contributed by atoms with Gasteiger partial charge in [0.25, 0.3) is 10.0 Å². The summed E-state index contributed by atoms with van der Waals surface area (Å²) in [7, 11) is -2.13. The molecule has 0 bridgehead atoms. The minimum absolute atomic E-state index is 0.109. The van der Waals surface area contributed by atoms with Crippen LogP contribution in [0.25, 0.3) is 0 Å². The minimum atomic E-state index is -3.65. The van der Waals surface area contributed by atoms with E-state index in [0.29, 0.717) is 6.54 Å². The highest BCUT2D eigenvalue weighted by atomic mass is 32.2. The number of carbonyl (C=O) groups excluding carboxylic acids is 1. The second kappa shape index (κ2) is 6.12. The molecular weight excluding hydrogens is 302 g/mol. The van der Waals surface area contributed by atoms with E-state index >= 15 is 0 Å². The molecule has 2 rings (SSSR count). The van der Waals surface area contributed by atoms with E-state index in [9.17, 15) is 13.2 Å². The molecule has 1 amide bonds. The second-order valence-electron chi connectivity index (χ2n) is 4.63. The quantitative estimate of drug-likeness (QED) is 0.733. The van der Waals surface area contributed by atoms with Crippen molar-refractivity contribution in [2.75, 3.05) is 25.5 Å². The molecule has 112 valence electrons. The maximum atomic E-state index is 12.3. The van der Waals surface area contributed by atoms with Crippen molar-refractivity contribution in [3.8, 4) is 0 Å². The van der Waals surface area contributed by atoms with Gasteiger partial charge in [0.05, 0.1) is 0 Å². The summed E-state index contributed by atoms with van der Waals surface area (Å²) in [4.78, 5) is 10.9. The van der Waals surface area contributed by atoms with E-state index < -0.39 is 10.0 Å². The van der Waals surface area contributed by atoms with Crippen molar-refractivity contribution in [1.29, 1.82) is 0 Å². The van der Waals surface area contributed by atoms with Crippen molar-refractivity contribution in [3.05, 3.63) is 0 Å². The van der Waals surface area contributed by atoms with Crippen LogP contribution in [-0.2, 0) is 14.8 Å². The van der Waals surface area contributed by atoms with E-state index in [4.69, 9.17) is 0 Å². The van der Waals surface area contributed by atoms with Crippen LogP contribution in [0.15, 0.2) is 4.34 Å². The first-order chi connectivity index (χ1) is 9.39. The van der Waals surface area contributed by atoms with Gasteiger partial charge in [-0.1, -0.05) is 11.3 Å². The lowest BCUT2D eigenvalue weighted by Crippen LogP contribution is -2.38. The molecule has 0 aromatic carbocycles. The van der Waals surface area contributed by atoms with Crippen molar-refractivity contribution in [2.24, 2.45) is 0 Å². The number of hydrogen-bond donors (Lipinski definition) is 2. The molecule has 1 aromatic heterocycles. The number of sulfonamides is 1. The predicted octanol–water partition coefficient (Wildman–Crippen LogP) is -0.131. The Bertz CT molecular complexity index is 579. The van der Waals surface area contributed by atoms with Gasteiger partial charge in [-0.2, -0.15) is 4.31 Å². The van der Waals surface area contributed by atoms with Gasteiger partial charge in [-0.25, -0.2) is 8.42 Å². The van der Waals surface area contributed by atoms with Crippen LogP contribution in [0, 0.1) is 0 Å². The monoisotopic (exact) mass is 319 g/mol. The Morgan fingerprint density at radius 2 is 2.30 bits per heavy atom. The number of aromatic nitrogens is 2. The zero-order valence-corrected chi connectivity index (χ0v) is 12.9. The molecule has 0 saturated carbocycles. The molecule has 0 radical (unpaired) electrons. The Labute approximate surface area is 121 Å². The molecule has 1 aliphatic heterocycles. The molecule has 20 heavy (non-hydrogen) atoms. The van der Waals surface area contributed by atoms with E-state index in [1.54, 1.807) is 0 Å². The van der Waals surface area contributed by atoms with E-state index in [1.807, 2.05) is 0 Å². The Morgan fingerprint density at radius 3 is 2.90 bits per heavy atom. The molecule has 1 aliphatic rings. The standard InChI is InChI=1S/C10H17N5O3S2/c1-7(16)12-9-13-14-10(19-9)20(17,18)15(2)6-8-4-3-5-11-8/h8,11H,3-6H2,1-2H3,(H,12,13,16). The lowest BCUT2D eigenvalue weighted by atomic mass is 10.2. The van der Waals surface area contributed by atoms with Crippen molar-refractivity contribution >= 4 is 32.4 Å². The number of nitrogens with zero attached hydrogens (tertiary/aromatic N) is 3. The SMILES string of the molecule is CC(=O)Nc1nnc(S(=O)(=O)N(C)CC2CCCN2)s1. The summed E-state index contributed by atoms with van der Waals surface area (Å²) in [6.45, 7) is 2.65. The number of nitrogens with one attached hydrogen (secondary N) is 2. The van der Waals surface area contributed by atoms with Crippen LogP contribution in [0.1, 0.15) is 19.8 Å². The average molecular weight is 319 g/mol. The molecule has 0 aliphatic carbocycles. The largest absolute Gasteiger partial charge is 0.313 e. The van der Waals surface area contributed by atoms with Crippen LogP contribution in [0.5, 0.6) is 0 Å². The maximum absolute atomic E-state index is 12.3. The topological polar surface area (TPSA) is 104 Å². The first kappa shape index (κ1) is 15.3. The molecule has 1 unspecified atom stereocenters. The smallest absolute Gasteiger partial charge is 0.272 e. The Kier molecular flexibility index (Phi) is 4.68. The summed E-state index contributed by atoms with van der Waals surface area (Å²) < 4.78 is 25.8. The van der Waals surface area contributed by atoms with E-state index in [1.165, 1.54) is 18.3 Å². The molecule has 0 spiro atoms. The third-order valence-corrected chi connectivity index (χ3v) is 5.97. The Hall–Kier alpha value is -1.10.